The maximum Gasteiger partial charge on any atom is 0.238 e. The van der Waals surface area contributed by atoms with Crippen LogP contribution >= 0.6 is 0 Å². The molecule has 0 aliphatic carbocycles. The van der Waals surface area contributed by atoms with Crippen LogP contribution in [0.4, 0.5) is 5.69 Å². The van der Waals surface area contributed by atoms with Crippen molar-refractivity contribution in [2.45, 2.75) is 12.8 Å². The largest absolute Gasteiger partial charge is 0.324 e. The molecular weight excluding hydrogens is 190 g/mol. The first kappa shape index (κ1) is 10.1. The molecule has 2 heterocycles. The lowest BCUT2D eigenvalue weighted by molar-refractivity contribution is -0.117. The third-order valence-electron chi connectivity index (χ3n) is 2.51. The van der Waals surface area contributed by atoms with Crippen molar-refractivity contribution in [3.05, 3.63) is 24.5 Å². The van der Waals surface area contributed by atoms with Gasteiger partial charge in [0.15, 0.2) is 0 Å². The number of carbonyl (C=O) groups is 1. The summed E-state index contributed by atoms with van der Waals surface area (Å²) in [5.74, 6) is 0.0462. The van der Waals surface area contributed by atoms with Crippen molar-refractivity contribution in [3.8, 4) is 0 Å². The van der Waals surface area contributed by atoms with Gasteiger partial charge in [0, 0.05) is 6.20 Å². The van der Waals surface area contributed by atoms with Gasteiger partial charge >= 0.3 is 0 Å². The van der Waals surface area contributed by atoms with Crippen LogP contribution in [-0.2, 0) is 4.79 Å². The van der Waals surface area contributed by atoms with Gasteiger partial charge in [-0.25, -0.2) is 0 Å². The highest BCUT2D eigenvalue weighted by atomic mass is 16.2. The second-order valence-electron chi connectivity index (χ2n) is 3.77. The molecule has 1 N–H and O–H groups in total. The van der Waals surface area contributed by atoms with Crippen molar-refractivity contribution >= 4 is 11.6 Å². The number of aromatic nitrogens is 1. The van der Waals surface area contributed by atoms with E-state index in [4.69, 9.17) is 0 Å². The average Bonchev–Trinajstić information content (AvgIpc) is 2.71. The molecule has 4 heteroatoms. The van der Waals surface area contributed by atoms with E-state index in [0.29, 0.717) is 6.54 Å². The zero-order valence-corrected chi connectivity index (χ0v) is 8.65. The molecule has 0 aromatic carbocycles. The van der Waals surface area contributed by atoms with E-state index >= 15 is 0 Å². The Morgan fingerprint density at radius 3 is 2.93 bits per heavy atom. The van der Waals surface area contributed by atoms with Crippen LogP contribution in [0.1, 0.15) is 12.8 Å². The smallest absolute Gasteiger partial charge is 0.238 e. The van der Waals surface area contributed by atoms with Gasteiger partial charge in [0.2, 0.25) is 5.91 Å². The summed E-state index contributed by atoms with van der Waals surface area (Å²) in [6, 6.07) is 3.65. The van der Waals surface area contributed by atoms with Gasteiger partial charge < -0.3 is 5.32 Å². The lowest BCUT2D eigenvalue weighted by Crippen LogP contribution is -2.30. The first-order valence-corrected chi connectivity index (χ1v) is 5.27. The predicted octanol–water partition coefficient (Wildman–Crippen LogP) is 1.12. The second kappa shape index (κ2) is 4.89. The summed E-state index contributed by atoms with van der Waals surface area (Å²) in [5.41, 5.74) is 0.765. The number of hydrogen-bond donors (Lipinski definition) is 1. The zero-order chi connectivity index (χ0) is 10.5. The van der Waals surface area contributed by atoms with Gasteiger partial charge in [0.1, 0.15) is 0 Å². The summed E-state index contributed by atoms with van der Waals surface area (Å²) >= 11 is 0. The van der Waals surface area contributed by atoms with E-state index in [2.05, 4.69) is 15.2 Å². The molecule has 1 aromatic rings. The molecule has 1 aliphatic heterocycles. The van der Waals surface area contributed by atoms with Crippen molar-refractivity contribution in [2.24, 2.45) is 0 Å². The minimum atomic E-state index is 0.0462. The highest BCUT2D eigenvalue weighted by Crippen LogP contribution is 2.07. The van der Waals surface area contributed by atoms with Gasteiger partial charge in [-0.2, -0.15) is 0 Å². The molecule has 1 fully saturated rings. The molecule has 1 amide bonds. The van der Waals surface area contributed by atoms with E-state index in [1.165, 1.54) is 12.8 Å². The fraction of sp³-hybridized carbons (Fsp3) is 0.455. The summed E-state index contributed by atoms with van der Waals surface area (Å²) < 4.78 is 0. The summed E-state index contributed by atoms with van der Waals surface area (Å²) in [5, 5.41) is 2.83. The third kappa shape index (κ3) is 3.02. The SMILES string of the molecule is O=C(CN1CCCC1)Nc1cccnc1. The Bertz CT molecular complexity index is 320. The van der Waals surface area contributed by atoms with E-state index in [1.807, 2.05) is 12.1 Å². The standard InChI is InChI=1S/C11H15N3O/c15-11(9-14-6-1-2-7-14)13-10-4-3-5-12-8-10/h3-5,8H,1-2,6-7,9H2,(H,13,15). The highest BCUT2D eigenvalue weighted by molar-refractivity contribution is 5.92. The van der Waals surface area contributed by atoms with Crippen LogP contribution < -0.4 is 5.32 Å². The lowest BCUT2D eigenvalue weighted by Gasteiger charge is -2.13. The first-order valence-electron chi connectivity index (χ1n) is 5.27. The molecule has 0 radical (unpaired) electrons. The van der Waals surface area contributed by atoms with E-state index in [1.54, 1.807) is 12.4 Å². The van der Waals surface area contributed by atoms with Crippen molar-refractivity contribution in [1.29, 1.82) is 0 Å². The second-order valence-corrected chi connectivity index (χ2v) is 3.77. The Morgan fingerprint density at radius 2 is 2.27 bits per heavy atom. The first-order chi connectivity index (χ1) is 7.34. The Balaban J connectivity index is 1.82. The number of rotatable bonds is 3. The van der Waals surface area contributed by atoms with Gasteiger partial charge in [-0.3, -0.25) is 14.7 Å². The number of pyridine rings is 1. The maximum atomic E-state index is 11.6. The van der Waals surface area contributed by atoms with E-state index in [0.717, 1.165) is 18.8 Å². The molecule has 1 aliphatic rings. The molecule has 0 spiro atoms. The Hall–Kier alpha value is -1.42. The topological polar surface area (TPSA) is 45.2 Å². The number of nitrogens with zero attached hydrogens (tertiary/aromatic N) is 2. The van der Waals surface area contributed by atoms with Gasteiger partial charge in [-0.15, -0.1) is 0 Å². The summed E-state index contributed by atoms with van der Waals surface area (Å²) in [7, 11) is 0. The monoisotopic (exact) mass is 205 g/mol. The van der Waals surface area contributed by atoms with Crippen molar-refractivity contribution in [1.82, 2.24) is 9.88 Å². The molecule has 0 bridgehead atoms. The van der Waals surface area contributed by atoms with Gasteiger partial charge in [-0.1, -0.05) is 0 Å². The highest BCUT2D eigenvalue weighted by Gasteiger charge is 2.14. The number of carbonyl (C=O) groups excluding carboxylic acids is 1. The molecule has 2 rings (SSSR count). The molecular formula is C11H15N3O. The van der Waals surface area contributed by atoms with Gasteiger partial charge in [0.25, 0.3) is 0 Å². The van der Waals surface area contributed by atoms with Crippen molar-refractivity contribution in [2.75, 3.05) is 25.0 Å². The normalized spacial score (nSPS) is 16.5. The molecule has 0 unspecified atom stereocenters. The Labute approximate surface area is 89.3 Å². The molecule has 80 valence electrons. The fourth-order valence-electron chi connectivity index (χ4n) is 1.78. The van der Waals surface area contributed by atoms with Crippen LogP contribution in [-0.4, -0.2) is 35.4 Å². The molecule has 0 atom stereocenters. The van der Waals surface area contributed by atoms with Crippen LogP contribution in [0.2, 0.25) is 0 Å². The third-order valence-corrected chi connectivity index (χ3v) is 2.51. The summed E-state index contributed by atoms with van der Waals surface area (Å²) in [4.78, 5) is 17.7. The molecule has 4 nitrogen and oxygen atoms in total. The summed E-state index contributed by atoms with van der Waals surface area (Å²) in [6.45, 7) is 2.58. The number of likely N-dealkylation sites (tertiary alicyclic amines) is 1. The number of hydrogen-bond acceptors (Lipinski definition) is 3. The van der Waals surface area contributed by atoms with Crippen LogP contribution in [0.5, 0.6) is 0 Å². The molecule has 1 saturated heterocycles. The maximum absolute atomic E-state index is 11.6. The fourth-order valence-corrected chi connectivity index (χ4v) is 1.78. The average molecular weight is 205 g/mol. The van der Waals surface area contributed by atoms with E-state index < -0.39 is 0 Å². The minimum absolute atomic E-state index is 0.0462. The summed E-state index contributed by atoms with van der Waals surface area (Å²) in [6.07, 6.45) is 5.76. The van der Waals surface area contributed by atoms with Crippen LogP contribution in [0, 0.1) is 0 Å². The van der Waals surface area contributed by atoms with E-state index in [-0.39, 0.29) is 5.91 Å². The molecule has 15 heavy (non-hydrogen) atoms. The minimum Gasteiger partial charge on any atom is -0.324 e. The van der Waals surface area contributed by atoms with Crippen LogP contribution in [0.3, 0.4) is 0 Å². The Morgan fingerprint density at radius 1 is 1.47 bits per heavy atom. The Kier molecular flexibility index (Phi) is 3.29. The van der Waals surface area contributed by atoms with E-state index in [9.17, 15) is 4.79 Å². The van der Waals surface area contributed by atoms with Crippen molar-refractivity contribution < 1.29 is 4.79 Å². The quantitative estimate of drug-likeness (QED) is 0.804. The number of anilines is 1. The lowest BCUT2D eigenvalue weighted by atomic mass is 10.4. The van der Waals surface area contributed by atoms with Crippen molar-refractivity contribution in [3.63, 3.8) is 0 Å². The van der Waals surface area contributed by atoms with Crippen LogP contribution in [0.25, 0.3) is 0 Å². The molecule has 1 aromatic heterocycles. The van der Waals surface area contributed by atoms with Gasteiger partial charge in [-0.05, 0) is 38.1 Å². The van der Waals surface area contributed by atoms with Gasteiger partial charge in [0.05, 0.1) is 18.4 Å². The molecule has 0 saturated carbocycles. The van der Waals surface area contributed by atoms with Crippen LogP contribution in [0.15, 0.2) is 24.5 Å². The zero-order valence-electron chi connectivity index (χ0n) is 8.65. The predicted molar refractivity (Wildman–Crippen MR) is 58.5 cm³/mol. The number of amides is 1. The number of nitrogens with one attached hydrogen (secondary N) is 1.